The molecule has 118 valence electrons. The fourth-order valence-electron chi connectivity index (χ4n) is 3.41. The summed E-state index contributed by atoms with van der Waals surface area (Å²) in [5.41, 5.74) is 1.31. The van der Waals surface area contributed by atoms with Crippen LogP contribution in [0.25, 0.3) is 0 Å². The molecule has 2 rings (SSSR count). The molecule has 21 heavy (non-hydrogen) atoms. The summed E-state index contributed by atoms with van der Waals surface area (Å²) in [4.78, 5) is 4.24. The smallest absolute Gasteiger partial charge is 0.0315 e. The van der Waals surface area contributed by atoms with Gasteiger partial charge in [-0.3, -0.25) is 4.98 Å². The fraction of sp³-hybridized carbons (Fsp3) is 0.737. The molecule has 1 heterocycles. The van der Waals surface area contributed by atoms with Gasteiger partial charge in [0, 0.05) is 24.5 Å². The van der Waals surface area contributed by atoms with E-state index < -0.39 is 0 Å². The third kappa shape index (κ3) is 6.60. The van der Waals surface area contributed by atoms with Gasteiger partial charge in [-0.15, -0.1) is 0 Å². The normalized spacial score (nSPS) is 21.2. The van der Waals surface area contributed by atoms with Crippen molar-refractivity contribution in [3.8, 4) is 0 Å². The van der Waals surface area contributed by atoms with Crippen LogP contribution in [0.2, 0.25) is 0 Å². The summed E-state index contributed by atoms with van der Waals surface area (Å²) in [5, 5.41) is 3.85. The highest BCUT2D eigenvalue weighted by atomic mass is 14.9. The van der Waals surface area contributed by atoms with Crippen LogP contribution in [0.1, 0.15) is 89.2 Å². The van der Waals surface area contributed by atoms with E-state index in [1.165, 1.54) is 76.2 Å². The first kappa shape index (κ1) is 16.5. The molecular formula is C19H32N2. The maximum atomic E-state index is 4.24. The summed E-state index contributed by atoms with van der Waals surface area (Å²) in [6.45, 7) is 2.27. The number of aromatic nitrogens is 1. The maximum Gasteiger partial charge on any atom is 0.0315 e. The first-order valence-corrected chi connectivity index (χ1v) is 9.02. The molecule has 2 nitrogen and oxygen atoms in total. The van der Waals surface area contributed by atoms with Crippen LogP contribution in [-0.4, -0.2) is 11.0 Å². The van der Waals surface area contributed by atoms with E-state index in [0.29, 0.717) is 12.1 Å². The molecule has 2 heteroatoms. The lowest BCUT2D eigenvalue weighted by Gasteiger charge is -2.24. The van der Waals surface area contributed by atoms with Crippen LogP contribution in [0.5, 0.6) is 0 Å². The first-order chi connectivity index (χ1) is 10.4. The van der Waals surface area contributed by atoms with Gasteiger partial charge in [0.05, 0.1) is 0 Å². The van der Waals surface area contributed by atoms with Crippen LogP contribution in [-0.2, 0) is 0 Å². The molecule has 1 saturated carbocycles. The highest BCUT2D eigenvalue weighted by Crippen LogP contribution is 2.19. The molecule has 1 aromatic heterocycles. The molecule has 0 bridgehead atoms. The molecule has 0 spiro atoms. The number of rotatable bonds is 3. The minimum Gasteiger partial charge on any atom is -0.307 e. The van der Waals surface area contributed by atoms with Crippen molar-refractivity contribution in [2.45, 2.75) is 89.6 Å². The topological polar surface area (TPSA) is 24.9 Å². The number of nitrogens with one attached hydrogen (secondary N) is 1. The summed E-state index contributed by atoms with van der Waals surface area (Å²) < 4.78 is 0. The zero-order valence-corrected chi connectivity index (χ0v) is 13.7. The van der Waals surface area contributed by atoms with Crippen LogP contribution in [0.15, 0.2) is 24.5 Å². The summed E-state index contributed by atoms with van der Waals surface area (Å²) >= 11 is 0. The van der Waals surface area contributed by atoms with Gasteiger partial charge in [0.2, 0.25) is 0 Å². The number of hydrogen-bond acceptors (Lipinski definition) is 2. The molecule has 0 amide bonds. The van der Waals surface area contributed by atoms with Crippen molar-refractivity contribution in [3.05, 3.63) is 30.1 Å². The number of nitrogens with zero attached hydrogens (tertiary/aromatic N) is 1. The van der Waals surface area contributed by atoms with Crippen LogP contribution in [0, 0.1) is 0 Å². The summed E-state index contributed by atoms with van der Waals surface area (Å²) in [6, 6.07) is 5.31. The zero-order chi connectivity index (χ0) is 14.8. The number of pyridine rings is 1. The second kappa shape index (κ2) is 9.94. The Bertz CT molecular complexity index is 351. The molecule has 1 aromatic rings. The van der Waals surface area contributed by atoms with Gasteiger partial charge in [0.25, 0.3) is 0 Å². The van der Waals surface area contributed by atoms with Crippen LogP contribution < -0.4 is 5.32 Å². The van der Waals surface area contributed by atoms with E-state index in [1.807, 2.05) is 18.5 Å². The Labute approximate surface area is 130 Å². The minimum atomic E-state index is 0.414. The van der Waals surface area contributed by atoms with Crippen molar-refractivity contribution in [2.24, 2.45) is 0 Å². The Morgan fingerprint density at radius 2 is 1.52 bits per heavy atom. The Morgan fingerprint density at radius 1 is 0.952 bits per heavy atom. The third-order valence-corrected chi connectivity index (χ3v) is 4.78. The van der Waals surface area contributed by atoms with E-state index in [0.717, 1.165) is 0 Å². The van der Waals surface area contributed by atoms with E-state index >= 15 is 0 Å². The second-order valence-corrected chi connectivity index (χ2v) is 6.63. The van der Waals surface area contributed by atoms with Crippen molar-refractivity contribution in [1.82, 2.24) is 10.3 Å². The van der Waals surface area contributed by atoms with Gasteiger partial charge in [-0.05, 0) is 31.4 Å². The highest BCUT2D eigenvalue weighted by molar-refractivity contribution is 5.12. The summed E-state index contributed by atoms with van der Waals surface area (Å²) in [7, 11) is 0. The molecule has 0 saturated heterocycles. The van der Waals surface area contributed by atoms with Crippen LogP contribution >= 0.6 is 0 Å². The van der Waals surface area contributed by atoms with Gasteiger partial charge in [-0.1, -0.05) is 63.9 Å². The summed E-state index contributed by atoms with van der Waals surface area (Å²) in [6.07, 6.45) is 19.4. The molecule has 0 aliphatic heterocycles. The predicted octanol–water partition coefficient (Wildman–Crippen LogP) is 5.41. The van der Waals surface area contributed by atoms with Crippen LogP contribution in [0.4, 0.5) is 0 Å². The first-order valence-electron chi connectivity index (χ1n) is 9.02. The number of hydrogen-bond donors (Lipinski definition) is 1. The second-order valence-electron chi connectivity index (χ2n) is 6.63. The summed E-state index contributed by atoms with van der Waals surface area (Å²) in [5.74, 6) is 0. The van der Waals surface area contributed by atoms with Crippen molar-refractivity contribution in [3.63, 3.8) is 0 Å². The molecule has 0 aromatic carbocycles. The van der Waals surface area contributed by atoms with Crippen molar-refractivity contribution < 1.29 is 0 Å². The molecule has 1 aliphatic carbocycles. The van der Waals surface area contributed by atoms with Crippen LogP contribution in [0.3, 0.4) is 0 Å². The third-order valence-electron chi connectivity index (χ3n) is 4.78. The SMILES string of the molecule is C[C@H](NC1CCCCCCCCCCC1)c1cccnc1. The lowest BCUT2D eigenvalue weighted by molar-refractivity contribution is 0.374. The Morgan fingerprint density at radius 3 is 2.05 bits per heavy atom. The molecule has 0 unspecified atom stereocenters. The molecular weight excluding hydrogens is 256 g/mol. The van der Waals surface area contributed by atoms with Gasteiger partial charge in [-0.2, -0.15) is 0 Å². The van der Waals surface area contributed by atoms with Gasteiger partial charge in [-0.25, -0.2) is 0 Å². The molecule has 1 N–H and O–H groups in total. The minimum absolute atomic E-state index is 0.414. The van der Waals surface area contributed by atoms with Crippen molar-refractivity contribution >= 4 is 0 Å². The Balaban J connectivity index is 1.82. The maximum absolute atomic E-state index is 4.24. The average molecular weight is 288 g/mol. The monoisotopic (exact) mass is 288 g/mol. The quantitative estimate of drug-likeness (QED) is 0.805. The molecule has 1 atom stereocenters. The largest absolute Gasteiger partial charge is 0.307 e. The average Bonchev–Trinajstić information content (AvgIpc) is 2.51. The lowest BCUT2D eigenvalue weighted by atomic mass is 9.97. The standard InChI is InChI=1S/C19H32N2/c1-17(18-12-11-15-20-16-18)21-19-13-9-7-5-3-2-4-6-8-10-14-19/h11-12,15-17,19,21H,2-10,13-14H2,1H3/t17-/m0/s1. The van der Waals surface area contributed by atoms with E-state index in [4.69, 9.17) is 0 Å². The Hall–Kier alpha value is -0.890. The highest BCUT2D eigenvalue weighted by Gasteiger charge is 2.13. The van der Waals surface area contributed by atoms with E-state index in [2.05, 4.69) is 23.3 Å². The molecule has 0 radical (unpaired) electrons. The zero-order valence-electron chi connectivity index (χ0n) is 13.7. The van der Waals surface area contributed by atoms with E-state index in [9.17, 15) is 0 Å². The van der Waals surface area contributed by atoms with Crippen molar-refractivity contribution in [1.29, 1.82) is 0 Å². The molecule has 1 fully saturated rings. The Kier molecular flexibility index (Phi) is 7.80. The van der Waals surface area contributed by atoms with Gasteiger partial charge < -0.3 is 5.32 Å². The predicted molar refractivity (Wildman–Crippen MR) is 90.4 cm³/mol. The molecule has 1 aliphatic rings. The fourth-order valence-corrected chi connectivity index (χ4v) is 3.41. The van der Waals surface area contributed by atoms with Gasteiger partial charge in [0.1, 0.15) is 0 Å². The van der Waals surface area contributed by atoms with E-state index in [1.54, 1.807) is 0 Å². The van der Waals surface area contributed by atoms with Crippen molar-refractivity contribution in [2.75, 3.05) is 0 Å². The van der Waals surface area contributed by atoms with Gasteiger partial charge in [0.15, 0.2) is 0 Å². The van der Waals surface area contributed by atoms with E-state index in [-0.39, 0.29) is 0 Å². The van der Waals surface area contributed by atoms with Gasteiger partial charge >= 0.3 is 0 Å². The lowest BCUT2D eigenvalue weighted by Crippen LogP contribution is -2.31.